The Labute approximate surface area is 151 Å². The molecule has 2 aromatic carbocycles. The molecule has 0 aliphatic carbocycles. The van der Waals surface area contributed by atoms with Gasteiger partial charge < -0.3 is 4.57 Å². The number of nitrogens with zero attached hydrogens (tertiary/aromatic N) is 2. The molecule has 120 valence electrons. The first-order valence-corrected chi connectivity index (χ1v) is 10.2. The summed E-state index contributed by atoms with van der Waals surface area (Å²) in [6.07, 6.45) is 0. The zero-order chi connectivity index (χ0) is 16.6. The second-order valence-electron chi connectivity index (χ2n) is 4.76. The van der Waals surface area contributed by atoms with Crippen molar-refractivity contribution in [2.45, 2.75) is 18.4 Å². The Balaban J connectivity index is 2.22. The average Bonchev–Trinajstić information content (AvgIpc) is 2.82. The minimum absolute atomic E-state index is 0.128. The SMILES string of the molecule is CCn1/c(=N/S(=O)(=O)c2ccc(Cl)cc2)sc2cc(Br)ccc21. The van der Waals surface area contributed by atoms with E-state index in [9.17, 15) is 8.42 Å². The lowest BCUT2D eigenvalue weighted by molar-refractivity contribution is 0.595. The average molecular weight is 432 g/mol. The van der Waals surface area contributed by atoms with Crippen molar-refractivity contribution in [1.82, 2.24) is 4.57 Å². The quantitative estimate of drug-likeness (QED) is 0.616. The topological polar surface area (TPSA) is 51.4 Å². The summed E-state index contributed by atoms with van der Waals surface area (Å²) in [6.45, 7) is 2.60. The lowest BCUT2D eigenvalue weighted by Crippen LogP contribution is -2.16. The van der Waals surface area contributed by atoms with Gasteiger partial charge in [0.2, 0.25) is 4.80 Å². The highest BCUT2D eigenvalue weighted by Gasteiger charge is 2.14. The Morgan fingerprint density at radius 3 is 2.57 bits per heavy atom. The zero-order valence-electron chi connectivity index (χ0n) is 12.0. The normalized spacial score (nSPS) is 12.9. The number of aromatic nitrogens is 1. The molecule has 3 rings (SSSR count). The van der Waals surface area contributed by atoms with Crippen molar-refractivity contribution >= 4 is 59.1 Å². The molecule has 0 N–H and O–H groups in total. The van der Waals surface area contributed by atoms with Crippen molar-refractivity contribution in [3.8, 4) is 0 Å². The van der Waals surface area contributed by atoms with E-state index >= 15 is 0 Å². The van der Waals surface area contributed by atoms with E-state index in [1.54, 1.807) is 12.1 Å². The number of rotatable bonds is 3. The molecule has 4 nitrogen and oxygen atoms in total. The Kier molecular flexibility index (Phi) is 4.64. The molecule has 1 aromatic heterocycles. The smallest absolute Gasteiger partial charge is 0.285 e. The predicted molar refractivity (Wildman–Crippen MR) is 97.4 cm³/mol. The van der Waals surface area contributed by atoms with Crippen molar-refractivity contribution in [2.24, 2.45) is 4.40 Å². The minimum Gasteiger partial charge on any atom is -0.316 e. The molecule has 0 spiro atoms. The first-order valence-electron chi connectivity index (χ1n) is 6.76. The molecule has 0 unspecified atom stereocenters. The Morgan fingerprint density at radius 2 is 1.91 bits per heavy atom. The molecule has 1 heterocycles. The predicted octanol–water partition coefficient (Wildman–Crippen LogP) is 4.43. The summed E-state index contributed by atoms with van der Waals surface area (Å²) in [5.41, 5.74) is 0.964. The maximum absolute atomic E-state index is 12.5. The fraction of sp³-hybridized carbons (Fsp3) is 0.133. The van der Waals surface area contributed by atoms with E-state index in [0.29, 0.717) is 16.4 Å². The van der Waals surface area contributed by atoms with Crippen molar-refractivity contribution in [2.75, 3.05) is 0 Å². The summed E-state index contributed by atoms with van der Waals surface area (Å²) in [4.78, 5) is 0.582. The summed E-state index contributed by atoms with van der Waals surface area (Å²) < 4.78 is 32.8. The van der Waals surface area contributed by atoms with E-state index in [1.807, 2.05) is 29.7 Å². The number of aryl methyl sites for hydroxylation is 1. The van der Waals surface area contributed by atoms with Crippen LogP contribution in [0.3, 0.4) is 0 Å². The Bertz CT molecular complexity index is 1040. The number of hydrogen-bond acceptors (Lipinski definition) is 3. The number of benzene rings is 2. The third-order valence-corrected chi connectivity index (χ3v) is 6.45. The van der Waals surface area contributed by atoms with Gasteiger partial charge in [0.1, 0.15) is 0 Å². The third kappa shape index (κ3) is 3.38. The van der Waals surface area contributed by atoms with Crippen LogP contribution >= 0.6 is 38.9 Å². The van der Waals surface area contributed by atoms with Gasteiger partial charge in [0, 0.05) is 16.0 Å². The fourth-order valence-corrected chi connectivity index (χ4v) is 5.16. The van der Waals surface area contributed by atoms with Crippen LogP contribution in [0.4, 0.5) is 0 Å². The van der Waals surface area contributed by atoms with E-state index in [1.165, 1.54) is 23.5 Å². The van der Waals surface area contributed by atoms with E-state index in [-0.39, 0.29) is 4.90 Å². The molecule has 23 heavy (non-hydrogen) atoms. The summed E-state index contributed by atoms with van der Waals surface area (Å²) in [7, 11) is -3.78. The number of thiazole rings is 1. The summed E-state index contributed by atoms with van der Waals surface area (Å²) >= 11 is 10.6. The standard InChI is InChI=1S/C15H12BrClN2O2S2/c1-2-19-13-8-3-10(16)9-14(13)22-15(19)18-23(20,21)12-6-4-11(17)5-7-12/h3-9H,2H2,1H3/b18-15-. The van der Waals surface area contributed by atoms with Gasteiger partial charge >= 0.3 is 0 Å². The number of hydrogen-bond donors (Lipinski definition) is 0. The highest BCUT2D eigenvalue weighted by molar-refractivity contribution is 9.10. The van der Waals surface area contributed by atoms with Crippen LogP contribution in [0.1, 0.15) is 6.92 Å². The van der Waals surface area contributed by atoms with Crippen molar-refractivity contribution in [3.05, 3.63) is 56.8 Å². The molecule has 0 saturated carbocycles. The monoisotopic (exact) mass is 430 g/mol. The van der Waals surface area contributed by atoms with Crippen LogP contribution in [-0.4, -0.2) is 13.0 Å². The van der Waals surface area contributed by atoms with Crippen molar-refractivity contribution in [1.29, 1.82) is 0 Å². The van der Waals surface area contributed by atoms with Crippen LogP contribution in [0.5, 0.6) is 0 Å². The van der Waals surface area contributed by atoms with Gasteiger partial charge in [0.15, 0.2) is 0 Å². The van der Waals surface area contributed by atoms with Crippen LogP contribution in [0.2, 0.25) is 5.02 Å². The number of halogens is 2. The molecule has 0 radical (unpaired) electrons. The number of sulfonamides is 1. The van der Waals surface area contributed by atoms with Gasteiger partial charge in [-0.1, -0.05) is 38.9 Å². The first-order chi connectivity index (χ1) is 10.9. The lowest BCUT2D eigenvalue weighted by atomic mass is 10.3. The van der Waals surface area contributed by atoms with Crippen molar-refractivity contribution in [3.63, 3.8) is 0 Å². The minimum atomic E-state index is -3.78. The lowest BCUT2D eigenvalue weighted by Gasteiger charge is -2.01. The van der Waals surface area contributed by atoms with Crippen LogP contribution in [0.15, 0.2) is 56.2 Å². The van der Waals surface area contributed by atoms with E-state index in [2.05, 4.69) is 20.3 Å². The first kappa shape index (κ1) is 16.7. The van der Waals surface area contributed by atoms with Gasteiger partial charge in [0.25, 0.3) is 10.0 Å². The number of fused-ring (bicyclic) bond motifs is 1. The fourth-order valence-electron chi connectivity index (χ4n) is 2.18. The van der Waals surface area contributed by atoms with E-state index < -0.39 is 10.0 Å². The molecule has 0 aliphatic heterocycles. The second kappa shape index (κ2) is 6.39. The molecular weight excluding hydrogens is 420 g/mol. The molecule has 0 bridgehead atoms. The van der Waals surface area contributed by atoms with Crippen LogP contribution in [0, 0.1) is 0 Å². The van der Waals surface area contributed by atoms with Gasteiger partial charge in [-0.05, 0) is 49.4 Å². The molecule has 0 amide bonds. The van der Waals surface area contributed by atoms with Gasteiger partial charge in [-0.25, -0.2) is 0 Å². The van der Waals surface area contributed by atoms with Crippen molar-refractivity contribution < 1.29 is 8.42 Å². The van der Waals surface area contributed by atoms with E-state index in [0.717, 1.165) is 14.7 Å². The molecule has 0 saturated heterocycles. The molecule has 0 fully saturated rings. The highest BCUT2D eigenvalue weighted by Crippen LogP contribution is 2.23. The van der Waals surface area contributed by atoms with Crippen LogP contribution in [-0.2, 0) is 16.6 Å². The van der Waals surface area contributed by atoms with Gasteiger partial charge in [-0.3, -0.25) is 0 Å². The third-order valence-electron chi connectivity index (χ3n) is 3.27. The largest absolute Gasteiger partial charge is 0.316 e. The maximum atomic E-state index is 12.5. The Morgan fingerprint density at radius 1 is 1.22 bits per heavy atom. The van der Waals surface area contributed by atoms with Crippen LogP contribution < -0.4 is 4.80 Å². The maximum Gasteiger partial charge on any atom is 0.285 e. The molecule has 0 atom stereocenters. The van der Waals surface area contributed by atoms with Gasteiger partial charge in [-0.2, -0.15) is 8.42 Å². The van der Waals surface area contributed by atoms with Gasteiger partial charge in [0.05, 0.1) is 15.1 Å². The Hall–Kier alpha value is -1.15. The van der Waals surface area contributed by atoms with E-state index in [4.69, 9.17) is 11.6 Å². The molecule has 8 heteroatoms. The highest BCUT2D eigenvalue weighted by atomic mass is 79.9. The zero-order valence-corrected chi connectivity index (χ0v) is 16.0. The molecule has 3 aromatic rings. The summed E-state index contributed by atoms with van der Waals surface area (Å²) in [5, 5.41) is 0.485. The summed E-state index contributed by atoms with van der Waals surface area (Å²) in [5.74, 6) is 0. The van der Waals surface area contributed by atoms with Gasteiger partial charge in [-0.15, -0.1) is 4.40 Å². The summed E-state index contributed by atoms with van der Waals surface area (Å²) in [6, 6.07) is 11.8. The molecular formula is C15H12BrClN2O2S2. The second-order valence-corrected chi connectivity index (χ2v) is 8.73. The van der Waals surface area contributed by atoms with Crippen LogP contribution in [0.25, 0.3) is 10.2 Å². The molecule has 0 aliphatic rings.